The van der Waals surface area contributed by atoms with Gasteiger partial charge in [0.2, 0.25) is 0 Å². The maximum atomic E-state index is 12.5. The van der Waals surface area contributed by atoms with Crippen LogP contribution in [0, 0.1) is 0 Å². The number of hydrogen-bond donors (Lipinski definition) is 2. The zero-order valence-electron chi connectivity index (χ0n) is 9.18. The molecule has 0 aromatic carbocycles. The number of nitrogens with two attached hydrogens (primary N) is 1. The molecule has 19 heavy (non-hydrogen) atoms. The van der Waals surface area contributed by atoms with E-state index in [9.17, 15) is 26.3 Å². The van der Waals surface area contributed by atoms with E-state index in [0.29, 0.717) is 18.6 Å². The van der Waals surface area contributed by atoms with Crippen LogP contribution in [0.2, 0.25) is 0 Å². The summed E-state index contributed by atoms with van der Waals surface area (Å²) in [5, 5.41) is 5.21. The van der Waals surface area contributed by atoms with Crippen LogP contribution in [0.5, 0.6) is 0 Å². The van der Waals surface area contributed by atoms with Crippen LogP contribution in [0.3, 0.4) is 0 Å². The minimum Gasteiger partial charge on any atom is -0.404 e. The van der Waals surface area contributed by atoms with Crippen LogP contribution >= 0.6 is 0 Å². The van der Waals surface area contributed by atoms with Crippen LogP contribution in [0.4, 0.5) is 26.3 Å². The molecular weight excluding hydrogens is 278 g/mol. The first kappa shape index (κ1) is 15.1. The molecule has 1 aromatic heterocycles. The van der Waals surface area contributed by atoms with Gasteiger partial charge in [0.25, 0.3) is 0 Å². The van der Waals surface area contributed by atoms with Gasteiger partial charge in [-0.15, -0.1) is 0 Å². The van der Waals surface area contributed by atoms with Crippen molar-refractivity contribution in [2.24, 2.45) is 10.7 Å². The molecule has 0 saturated carbocycles. The fraction of sp³-hybridized carbons (Fsp3) is 0.333. The van der Waals surface area contributed by atoms with Crippen LogP contribution in [0.25, 0.3) is 5.57 Å². The maximum Gasteiger partial charge on any atom is 0.420 e. The van der Waals surface area contributed by atoms with Gasteiger partial charge < -0.3 is 5.73 Å². The van der Waals surface area contributed by atoms with Crippen LogP contribution in [0.15, 0.2) is 17.4 Å². The van der Waals surface area contributed by atoms with E-state index in [4.69, 9.17) is 5.73 Å². The first-order valence-electron chi connectivity index (χ1n) is 4.74. The van der Waals surface area contributed by atoms with E-state index in [2.05, 4.69) is 10.1 Å². The molecule has 0 atom stereocenters. The van der Waals surface area contributed by atoms with Gasteiger partial charge in [0.1, 0.15) is 12.1 Å². The van der Waals surface area contributed by atoms with Gasteiger partial charge >= 0.3 is 12.4 Å². The summed E-state index contributed by atoms with van der Waals surface area (Å²) < 4.78 is 73.2. The lowest BCUT2D eigenvalue weighted by Gasteiger charge is -2.07. The Kier molecular flexibility index (Phi) is 4.22. The van der Waals surface area contributed by atoms with Gasteiger partial charge in [0, 0.05) is 18.0 Å². The van der Waals surface area contributed by atoms with Crippen molar-refractivity contribution in [2.75, 3.05) is 6.54 Å². The first-order valence-corrected chi connectivity index (χ1v) is 4.74. The van der Waals surface area contributed by atoms with E-state index in [1.54, 1.807) is 0 Å². The number of alkyl halides is 6. The van der Waals surface area contributed by atoms with Crippen LogP contribution in [-0.2, 0) is 6.18 Å². The van der Waals surface area contributed by atoms with Crippen LogP contribution < -0.4 is 5.73 Å². The molecule has 1 heterocycles. The summed E-state index contributed by atoms with van der Waals surface area (Å²) in [6, 6.07) is 0. The zero-order chi connectivity index (χ0) is 14.7. The third kappa shape index (κ3) is 4.30. The number of aliphatic imine (C=N–C) groups is 1. The molecule has 0 aliphatic heterocycles. The van der Waals surface area contributed by atoms with Crippen molar-refractivity contribution < 1.29 is 26.3 Å². The van der Waals surface area contributed by atoms with E-state index in [0.717, 1.165) is 0 Å². The highest BCUT2D eigenvalue weighted by Gasteiger charge is 2.35. The molecule has 0 saturated heterocycles. The molecule has 1 aromatic rings. The normalized spacial score (nSPS) is 14.3. The summed E-state index contributed by atoms with van der Waals surface area (Å²) in [6.07, 6.45) is -7.42. The van der Waals surface area contributed by atoms with Crippen LogP contribution in [-0.4, -0.2) is 29.1 Å². The lowest BCUT2D eigenvalue weighted by atomic mass is 10.1. The smallest absolute Gasteiger partial charge is 0.404 e. The molecule has 10 heteroatoms. The van der Waals surface area contributed by atoms with E-state index in [1.807, 2.05) is 5.10 Å². The highest BCUT2D eigenvalue weighted by Crippen LogP contribution is 2.33. The molecule has 0 fully saturated rings. The fourth-order valence-corrected chi connectivity index (χ4v) is 1.16. The molecule has 0 aliphatic carbocycles. The Labute approximate surface area is 103 Å². The van der Waals surface area contributed by atoms with E-state index in [-0.39, 0.29) is 5.57 Å². The van der Waals surface area contributed by atoms with Crippen molar-refractivity contribution >= 4 is 11.8 Å². The summed E-state index contributed by atoms with van der Waals surface area (Å²) in [5.74, 6) is 0. The Morgan fingerprint density at radius 1 is 1.32 bits per heavy atom. The minimum absolute atomic E-state index is 0.339. The molecule has 0 unspecified atom stereocenters. The number of allylic oxidation sites excluding steroid dienone is 1. The van der Waals surface area contributed by atoms with Gasteiger partial charge in [-0.05, 0) is 0 Å². The van der Waals surface area contributed by atoms with E-state index in [1.165, 1.54) is 0 Å². The van der Waals surface area contributed by atoms with Crippen molar-refractivity contribution in [1.82, 2.24) is 10.2 Å². The number of hydrogen-bond acceptors (Lipinski definition) is 3. The van der Waals surface area contributed by atoms with E-state index < -0.39 is 30.2 Å². The summed E-state index contributed by atoms with van der Waals surface area (Å²) in [6.45, 7) is -1.51. The lowest BCUT2D eigenvalue weighted by Crippen LogP contribution is -2.12. The van der Waals surface area contributed by atoms with Crippen molar-refractivity contribution in [3.63, 3.8) is 0 Å². The number of nitrogens with one attached hydrogen (secondary N) is 1. The summed E-state index contributed by atoms with van der Waals surface area (Å²) >= 11 is 0. The maximum absolute atomic E-state index is 12.5. The Morgan fingerprint density at radius 2 is 1.95 bits per heavy atom. The Bertz CT molecular complexity index is 482. The standard InChI is InChI=1S/C9H8F6N4/c10-8(11,12)4-17-2-5(1-16)7-6(3-18-19-7)9(13,14)15/h1-3H,4,16H2,(H,18,19)/b5-1+,17-2?. The number of H-pyrrole nitrogens is 1. The number of aromatic nitrogens is 2. The number of rotatable bonds is 3. The average molecular weight is 286 g/mol. The van der Waals surface area contributed by atoms with E-state index >= 15 is 0 Å². The minimum atomic E-state index is -4.70. The molecule has 0 aliphatic rings. The lowest BCUT2D eigenvalue weighted by molar-refractivity contribution is -0.137. The third-order valence-electron chi connectivity index (χ3n) is 1.91. The van der Waals surface area contributed by atoms with Gasteiger partial charge in [0.15, 0.2) is 0 Å². The average Bonchev–Trinajstić information content (AvgIpc) is 2.71. The third-order valence-corrected chi connectivity index (χ3v) is 1.91. The molecule has 0 spiro atoms. The van der Waals surface area contributed by atoms with Crippen LogP contribution in [0.1, 0.15) is 11.3 Å². The Balaban J connectivity index is 2.98. The topological polar surface area (TPSA) is 67.1 Å². The second kappa shape index (κ2) is 5.33. The second-order valence-electron chi connectivity index (χ2n) is 3.36. The molecule has 1 rings (SSSR count). The van der Waals surface area contributed by atoms with Gasteiger partial charge in [-0.2, -0.15) is 31.4 Å². The predicted molar refractivity (Wildman–Crippen MR) is 55.2 cm³/mol. The summed E-state index contributed by atoms with van der Waals surface area (Å²) in [5.41, 5.74) is 3.06. The Hall–Kier alpha value is -2.00. The largest absolute Gasteiger partial charge is 0.420 e. The molecular formula is C9H8F6N4. The highest BCUT2D eigenvalue weighted by molar-refractivity contribution is 6.09. The van der Waals surface area contributed by atoms with Crippen molar-refractivity contribution in [3.8, 4) is 0 Å². The molecule has 0 bridgehead atoms. The van der Waals surface area contributed by atoms with Gasteiger partial charge in [-0.3, -0.25) is 10.1 Å². The monoisotopic (exact) mass is 286 g/mol. The number of halogens is 6. The van der Waals surface area contributed by atoms with Crippen molar-refractivity contribution in [1.29, 1.82) is 0 Å². The fourth-order valence-electron chi connectivity index (χ4n) is 1.16. The highest BCUT2D eigenvalue weighted by atomic mass is 19.4. The SMILES string of the molecule is N/C=C(\C=NCC(F)(F)F)c1[nH]ncc1C(F)(F)F. The van der Waals surface area contributed by atoms with Gasteiger partial charge in [-0.1, -0.05) is 0 Å². The van der Waals surface area contributed by atoms with Crippen molar-refractivity contribution in [2.45, 2.75) is 12.4 Å². The van der Waals surface area contributed by atoms with Gasteiger partial charge in [0.05, 0.1) is 11.9 Å². The summed E-state index contributed by atoms with van der Waals surface area (Å²) in [4.78, 5) is 2.98. The zero-order valence-corrected chi connectivity index (χ0v) is 9.18. The molecule has 106 valence electrons. The first-order chi connectivity index (χ1) is 8.65. The number of nitrogens with zero attached hydrogens (tertiary/aromatic N) is 2. The second-order valence-corrected chi connectivity index (χ2v) is 3.36. The van der Waals surface area contributed by atoms with Gasteiger partial charge in [-0.25, -0.2) is 0 Å². The molecule has 3 N–H and O–H groups in total. The van der Waals surface area contributed by atoms with Crippen molar-refractivity contribution in [3.05, 3.63) is 23.7 Å². The molecule has 0 amide bonds. The summed E-state index contributed by atoms with van der Waals surface area (Å²) in [7, 11) is 0. The predicted octanol–water partition coefficient (Wildman–Crippen LogP) is 2.36. The quantitative estimate of drug-likeness (QED) is 0.661. The molecule has 4 nitrogen and oxygen atoms in total. The number of aromatic amines is 1. The molecule has 0 radical (unpaired) electrons. The Morgan fingerprint density at radius 3 is 2.42 bits per heavy atom.